The number of sulfonamides is 1. The van der Waals surface area contributed by atoms with E-state index in [0.29, 0.717) is 45.6 Å². The molecule has 0 aliphatic carbocycles. The van der Waals surface area contributed by atoms with E-state index in [1.807, 2.05) is 0 Å². The third-order valence-corrected chi connectivity index (χ3v) is 5.91. The minimum atomic E-state index is -3.60. The fourth-order valence-electron chi connectivity index (χ4n) is 2.71. The van der Waals surface area contributed by atoms with Crippen molar-refractivity contribution in [2.45, 2.75) is 26.7 Å². The molecule has 1 atom stereocenters. The molecule has 1 heterocycles. The first-order valence-corrected chi connectivity index (χ1v) is 9.70. The zero-order chi connectivity index (χ0) is 17.5. The molecule has 0 spiro atoms. The summed E-state index contributed by atoms with van der Waals surface area (Å²) in [4.78, 5) is 25.8. The Kier molecular flexibility index (Phi) is 7.93. The van der Waals surface area contributed by atoms with E-state index in [1.165, 1.54) is 9.21 Å². The van der Waals surface area contributed by atoms with Crippen molar-refractivity contribution in [2.24, 2.45) is 11.7 Å². The number of nitrogens with zero attached hydrogens (tertiary/aromatic N) is 2. The third kappa shape index (κ3) is 5.74. The van der Waals surface area contributed by atoms with Gasteiger partial charge in [0.15, 0.2) is 0 Å². The number of carbonyl (C=O) groups is 2. The largest absolute Gasteiger partial charge is 0.355 e. The number of carbonyl (C=O) groups excluding carboxylic acids is 2. The molecule has 0 radical (unpaired) electrons. The highest BCUT2D eigenvalue weighted by atomic mass is 32.2. The second-order valence-corrected chi connectivity index (χ2v) is 7.57. The van der Waals surface area contributed by atoms with Gasteiger partial charge in [-0.25, -0.2) is 12.7 Å². The van der Waals surface area contributed by atoms with E-state index in [1.54, 1.807) is 13.8 Å². The average molecular weight is 348 g/mol. The molecule has 134 valence electrons. The zero-order valence-electron chi connectivity index (χ0n) is 14.0. The summed E-state index contributed by atoms with van der Waals surface area (Å²) in [5, 5.41) is 2.72. The molecule has 0 aromatic carbocycles. The van der Waals surface area contributed by atoms with Crippen molar-refractivity contribution in [3.05, 3.63) is 0 Å². The van der Waals surface area contributed by atoms with Gasteiger partial charge in [-0.2, -0.15) is 0 Å². The molecule has 1 fully saturated rings. The fraction of sp³-hybridized carbons (Fsp3) is 0.857. The van der Waals surface area contributed by atoms with Gasteiger partial charge in [0.05, 0.1) is 5.92 Å². The number of amides is 2. The van der Waals surface area contributed by atoms with Gasteiger partial charge in [-0.1, -0.05) is 13.8 Å². The third-order valence-electron chi connectivity index (χ3n) is 3.99. The lowest BCUT2D eigenvalue weighted by atomic mass is 9.97. The molecule has 0 aromatic heterocycles. The van der Waals surface area contributed by atoms with Crippen LogP contribution >= 0.6 is 0 Å². The summed E-state index contributed by atoms with van der Waals surface area (Å²) >= 11 is 0. The first kappa shape index (κ1) is 19.9. The van der Waals surface area contributed by atoms with Crippen LogP contribution in [0.2, 0.25) is 0 Å². The van der Waals surface area contributed by atoms with Gasteiger partial charge >= 0.3 is 0 Å². The lowest BCUT2D eigenvalue weighted by Gasteiger charge is -2.32. The summed E-state index contributed by atoms with van der Waals surface area (Å²) in [5.41, 5.74) is 5.36. The Hall–Kier alpha value is -1.19. The van der Waals surface area contributed by atoms with Gasteiger partial charge < -0.3 is 16.0 Å². The number of piperidine rings is 1. The Morgan fingerprint density at radius 1 is 1.30 bits per heavy atom. The van der Waals surface area contributed by atoms with Crippen LogP contribution < -0.4 is 11.1 Å². The summed E-state index contributed by atoms with van der Waals surface area (Å²) in [5.74, 6) is -1.39. The molecule has 3 N–H and O–H groups in total. The number of rotatable bonds is 8. The number of nitrogens with two attached hydrogens (primary N) is 1. The van der Waals surface area contributed by atoms with Crippen LogP contribution in [-0.4, -0.2) is 74.5 Å². The minimum absolute atomic E-state index is 0.125. The fourth-order valence-corrected chi connectivity index (χ4v) is 4.18. The maximum atomic E-state index is 12.3. The van der Waals surface area contributed by atoms with Crippen molar-refractivity contribution >= 4 is 21.8 Å². The predicted octanol–water partition coefficient (Wildman–Crippen LogP) is -1.03. The quantitative estimate of drug-likeness (QED) is 0.582. The molecule has 1 saturated heterocycles. The first-order chi connectivity index (χ1) is 10.9. The molecule has 1 unspecified atom stereocenters. The molecule has 1 rings (SSSR count). The molecule has 23 heavy (non-hydrogen) atoms. The SMILES string of the molecule is CCN(CC)S(=O)(=O)CC(=O)N1CCCC(C(=O)NCCN)C1. The molecular formula is C14H28N4O4S. The highest BCUT2D eigenvalue weighted by molar-refractivity contribution is 7.89. The number of hydrogen-bond donors (Lipinski definition) is 2. The predicted molar refractivity (Wildman–Crippen MR) is 88.1 cm³/mol. The van der Waals surface area contributed by atoms with E-state index in [4.69, 9.17) is 5.73 Å². The Bertz CT molecular complexity index is 505. The summed E-state index contributed by atoms with van der Waals surface area (Å²) in [6.07, 6.45) is 1.39. The van der Waals surface area contributed by atoms with Crippen molar-refractivity contribution in [1.29, 1.82) is 0 Å². The normalized spacial score (nSPS) is 19.0. The molecule has 0 bridgehead atoms. The molecule has 1 aliphatic heterocycles. The topological polar surface area (TPSA) is 113 Å². The number of nitrogens with one attached hydrogen (secondary N) is 1. The highest BCUT2D eigenvalue weighted by Crippen LogP contribution is 2.17. The van der Waals surface area contributed by atoms with Crippen LogP contribution in [0.15, 0.2) is 0 Å². The van der Waals surface area contributed by atoms with Gasteiger partial charge in [-0.3, -0.25) is 9.59 Å². The van der Waals surface area contributed by atoms with E-state index in [0.717, 1.165) is 0 Å². The van der Waals surface area contributed by atoms with Gasteiger partial charge in [0, 0.05) is 39.3 Å². The molecule has 8 nitrogen and oxygen atoms in total. The van der Waals surface area contributed by atoms with Crippen molar-refractivity contribution in [2.75, 3.05) is 45.0 Å². The minimum Gasteiger partial charge on any atom is -0.355 e. The lowest BCUT2D eigenvalue weighted by molar-refractivity contribution is -0.133. The monoisotopic (exact) mass is 348 g/mol. The maximum Gasteiger partial charge on any atom is 0.239 e. The maximum absolute atomic E-state index is 12.3. The van der Waals surface area contributed by atoms with E-state index in [-0.39, 0.29) is 18.4 Å². The second-order valence-electron chi connectivity index (χ2n) is 5.60. The van der Waals surface area contributed by atoms with Crippen molar-refractivity contribution in [1.82, 2.24) is 14.5 Å². The van der Waals surface area contributed by atoms with E-state index < -0.39 is 21.7 Å². The molecular weight excluding hydrogens is 320 g/mol. The number of likely N-dealkylation sites (tertiary alicyclic amines) is 1. The summed E-state index contributed by atoms with van der Waals surface area (Å²) in [7, 11) is -3.60. The van der Waals surface area contributed by atoms with Crippen LogP contribution in [0, 0.1) is 5.92 Å². The van der Waals surface area contributed by atoms with E-state index >= 15 is 0 Å². The van der Waals surface area contributed by atoms with Crippen LogP contribution in [-0.2, 0) is 19.6 Å². The Morgan fingerprint density at radius 2 is 1.96 bits per heavy atom. The first-order valence-electron chi connectivity index (χ1n) is 8.09. The Labute approximate surface area is 138 Å². The van der Waals surface area contributed by atoms with Crippen molar-refractivity contribution < 1.29 is 18.0 Å². The molecule has 1 aliphatic rings. The van der Waals surface area contributed by atoms with Gasteiger partial charge in [-0.15, -0.1) is 0 Å². The highest BCUT2D eigenvalue weighted by Gasteiger charge is 2.31. The molecule has 2 amide bonds. The van der Waals surface area contributed by atoms with E-state index in [9.17, 15) is 18.0 Å². The summed E-state index contributed by atoms with van der Waals surface area (Å²) < 4.78 is 25.7. The van der Waals surface area contributed by atoms with Crippen molar-refractivity contribution in [3.8, 4) is 0 Å². The summed E-state index contributed by atoms with van der Waals surface area (Å²) in [6, 6.07) is 0. The van der Waals surface area contributed by atoms with Crippen LogP contribution in [0.5, 0.6) is 0 Å². The number of hydrogen-bond acceptors (Lipinski definition) is 5. The zero-order valence-corrected chi connectivity index (χ0v) is 14.8. The van der Waals surface area contributed by atoms with Crippen LogP contribution in [0.25, 0.3) is 0 Å². The van der Waals surface area contributed by atoms with Crippen molar-refractivity contribution in [3.63, 3.8) is 0 Å². The standard InChI is InChI=1S/C14H28N4O4S/c1-3-18(4-2)23(21,22)11-13(19)17-9-5-6-12(10-17)14(20)16-8-7-15/h12H,3-11,15H2,1-2H3,(H,16,20). The molecule has 9 heteroatoms. The average Bonchev–Trinajstić information content (AvgIpc) is 2.53. The molecule has 0 aromatic rings. The van der Waals surface area contributed by atoms with Gasteiger partial charge in [0.2, 0.25) is 21.8 Å². The lowest BCUT2D eigenvalue weighted by Crippen LogP contribution is -2.48. The van der Waals surface area contributed by atoms with Crippen LogP contribution in [0.3, 0.4) is 0 Å². The summed E-state index contributed by atoms with van der Waals surface area (Å²) in [6.45, 7) is 5.69. The Morgan fingerprint density at radius 3 is 2.52 bits per heavy atom. The van der Waals surface area contributed by atoms with E-state index in [2.05, 4.69) is 5.32 Å². The van der Waals surface area contributed by atoms with Crippen LogP contribution in [0.1, 0.15) is 26.7 Å². The molecule has 0 saturated carbocycles. The van der Waals surface area contributed by atoms with Gasteiger partial charge in [0.25, 0.3) is 0 Å². The van der Waals surface area contributed by atoms with Gasteiger partial charge in [-0.05, 0) is 12.8 Å². The van der Waals surface area contributed by atoms with Gasteiger partial charge in [0.1, 0.15) is 5.75 Å². The van der Waals surface area contributed by atoms with Crippen LogP contribution in [0.4, 0.5) is 0 Å². The Balaban J connectivity index is 2.64. The smallest absolute Gasteiger partial charge is 0.239 e. The second kappa shape index (κ2) is 9.19.